The molecule has 11 heteroatoms. The zero-order chi connectivity index (χ0) is 29.8. The second-order valence-corrected chi connectivity index (χ2v) is 10.8. The van der Waals surface area contributed by atoms with Gasteiger partial charge in [-0.05, 0) is 64.3 Å². The molecule has 0 saturated carbocycles. The SMILES string of the molecule is CCOC(=O)C1=C(c2ccccc2)N=c2s/c(=C\c3cc(Br)c(OCC#N)c(OC)c3)c(=O)n2C1c1ccc(F)cc1. The quantitative estimate of drug-likeness (QED) is 0.256. The number of aromatic nitrogens is 1. The third kappa shape index (κ3) is 5.64. The summed E-state index contributed by atoms with van der Waals surface area (Å²) in [6.07, 6.45) is 1.68. The summed E-state index contributed by atoms with van der Waals surface area (Å²) in [7, 11) is 1.48. The fraction of sp³-hybridized carbons (Fsp3) is 0.161. The Morgan fingerprint density at radius 3 is 2.60 bits per heavy atom. The molecule has 1 unspecified atom stereocenters. The summed E-state index contributed by atoms with van der Waals surface area (Å²) in [6.45, 7) is 1.66. The Balaban J connectivity index is 1.77. The van der Waals surface area contributed by atoms with E-state index in [1.807, 2.05) is 36.4 Å². The Kier molecular flexibility index (Phi) is 8.66. The van der Waals surface area contributed by atoms with E-state index in [1.165, 1.54) is 23.8 Å². The van der Waals surface area contributed by atoms with Crippen LogP contribution >= 0.6 is 27.3 Å². The van der Waals surface area contributed by atoms with Crippen LogP contribution in [0.25, 0.3) is 11.8 Å². The molecule has 0 amide bonds. The van der Waals surface area contributed by atoms with Gasteiger partial charge in [0.25, 0.3) is 5.56 Å². The molecule has 42 heavy (non-hydrogen) atoms. The number of carbonyl (C=O) groups excluding carboxylic acids is 1. The van der Waals surface area contributed by atoms with Crippen LogP contribution in [0.2, 0.25) is 0 Å². The lowest BCUT2D eigenvalue weighted by Gasteiger charge is -2.25. The molecule has 8 nitrogen and oxygen atoms in total. The molecule has 1 aliphatic rings. The number of nitrogens with zero attached hydrogens (tertiary/aromatic N) is 3. The maximum atomic E-state index is 14.0. The first kappa shape index (κ1) is 29.0. The second kappa shape index (κ2) is 12.5. The molecule has 0 spiro atoms. The lowest BCUT2D eigenvalue weighted by Crippen LogP contribution is -2.40. The summed E-state index contributed by atoms with van der Waals surface area (Å²) in [4.78, 5) is 32.7. The van der Waals surface area contributed by atoms with Crippen molar-refractivity contribution in [2.75, 3.05) is 20.3 Å². The van der Waals surface area contributed by atoms with Gasteiger partial charge in [0.15, 0.2) is 22.9 Å². The third-order valence-electron chi connectivity index (χ3n) is 6.39. The van der Waals surface area contributed by atoms with Gasteiger partial charge < -0.3 is 14.2 Å². The Bertz CT molecular complexity index is 1910. The molecule has 0 fully saturated rings. The van der Waals surface area contributed by atoms with Gasteiger partial charge in [-0.25, -0.2) is 14.2 Å². The number of methoxy groups -OCH3 is 1. The lowest BCUT2D eigenvalue weighted by molar-refractivity contribution is -0.138. The van der Waals surface area contributed by atoms with Crippen LogP contribution in [0, 0.1) is 17.1 Å². The molecule has 1 aliphatic heterocycles. The molecule has 212 valence electrons. The summed E-state index contributed by atoms with van der Waals surface area (Å²) in [6, 6.07) is 19.3. The number of hydrogen-bond donors (Lipinski definition) is 0. The van der Waals surface area contributed by atoms with E-state index in [9.17, 15) is 14.0 Å². The number of rotatable bonds is 8. The lowest BCUT2D eigenvalue weighted by atomic mass is 9.93. The van der Waals surface area contributed by atoms with Crippen LogP contribution in [0.5, 0.6) is 11.5 Å². The minimum atomic E-state index is -0.915. The highest BCUT2D eigenvalue weighted by Crippen LogP contribution is 2.37. The number of halogens is 2. The summed E-state index contributed by atoms with van der Waals surface area (Å²) in [5.41, 5.74) is 1.99. The van der Waals surface area contributed by atoms with Gasteiger partial charge >= 0.3 is 5.97 Å². The van der Waals surface area contributed by atoms with Crippen molar-refractivity contribution in [1.82, 2.24) is 4.57 Å². The third-order valence-corrected chi connectivity index (χ3v) is 7.96. The van der Waals surface area contributed by atoms with Crippen LogP contribution in [0.15, 0.2) is 86.6 Å². The Hall–Kier alpha value is -4.53. The molecule has 1 aromatic heterocycles. The van der Waals surface area contributed by atoms with E-state index in [-0.39, 0.29) is 24.3 Å². The van der Waals surface area contributed by atoms with Gasteiger partial charge in [0.1, 0.15) is 11.9 Å². The smallest absolute Gasteiger partial charge is 0.338 e. The van der Waals surface area contributed by atoms with Crippen LogP contribution in [-0.2, 0) is 9.53 Å². The predicted octanol–water partition coefficient (Wildman–Crippen LogP) is 4.75. The molecule has 5 rings (SSSR count). The molecule has 0 saturated heterocycles. The summed E-state index contributed by atoms with van der Waals surface area (Å²) < 4.78 is 32.7. The fourth-order valence-electron chi connectivity index (χ4n) is 4.62. The van der Waals surface area contributed by atoms with Gasteiger partial charge in [0.2, 0.25) is 0 Å². The molecule has 3 aromatic carbocycles. The zero-order valence-corrected chi connectivity index (χ0v) is 24.9. The van der Waals surface area contributed by atoms with Crippen molar-refractivity contribution in [2.45, 2.75) is 13.0 Å². The maximum Gasteiger partial charge on any atom is 0.338 e. The van der Waals surface area contributed by atoms with Crippen LogP contribution < -0.4 is 24.4 Å². The number of thiazole rings is 1. The van der Waals surface area contributed by atoms with Crippen LogP contribution in [-0.4, -0.2) is 30.9 Å². The van der Waals surface area contributed by atoms with Crippen molar-refractivity contribution in [3.63, 3.8) is 0 Å². The van der Waals surface area contributed by atoms with Gasteiger partial charge in [-0.2, -0.15) is 5.26 Å². The largest absolute Gasteiger partial charge is 0.493 e. The van der Waals surface area contributed by atoms with Gasteiger partial charge in [-0.3, -0.25) is 9.36 Å². The van der Waals surface area contributed by atoms with Gasteiger partial charge in [0, 0.05) is 5.56 Å². The Morgan fingerprint density at radius 1 is 1.19 bits per heavy atom. The Labute approximate surface area is 252 Å². The molecular formula is C31H23BrFN3O5S. The van der Waals surface area contributed by atoms with E-state index in [0.29, 0.717) is 47.7 Å². The van der Waals surface area contributed by atoms with Crippen LogP contribution in [0.3, 0.4) is 0 Å². The molecule has 0 bridgehead atoms. The first-order chi connectivity index (χ1) is 20.4. The number of ether oxygens (including phenoxy) is 3. The van der Waals surface area contributed by atoms with Gasteiger partial charge in [0.05, 0.1) is 40.0 Å². The molecule has 4 aromatic rings. The topological polar surface area (TPSA) is 103 Å². The van der Waals surface area contributed by atoms with Crippen LogP contribution in [0.4, 0.5) is 4.39 Å². The number of hydrogen-bond acceptors (Lipinski definition) is 8. The first-order valence-corrected chi connectivity index (χ1v) is 14.4. The highest BCUT2D eigenvalue weighted by molar-refractivity contribution is 9.10. The molecule has 1 atom stereocenters. The molecular weight excluding hydrogens is 625 g/mol. The first-order valence-electron chi connectivity index (χ1n) is 12.8. The normalized spacial score (nSPS) is 14.5. The Morgan fingerprint density at radius 2 is 1.93 bits per heavy atom. The summed E-state index contributed by atoms with van der Waals surface area (Å²) in [5.74, 6) is -0.331. The molecule has 2 heterocycles. The van der Waals surface area contributed by atoms with Gasteiger partial charge in [-0.15, -0.1) is 0 Å². The number of benzene rings is 3. The standard InChI is InChI=1S/C31H23BrFN3O5S/c1-3-40-30(38)25-26(19-7-5-4-6-8-19)35-31-36(27(25)20-9-11-21(33)12-10-20)29(37)24(42-31)17-18-15-22(32)28(41-14-13-34)23(16-18)39-2/h4-12,15-17,27H,3,14H2,1-2H3/b24-17-. The maximum absolute atomic E-state index is 14.0. The highest BCUT2D eigenvalue weighted by Gasteiger charge is 2.35. The highest BCUT2D eigenvalue weighted by atomic mass is 79.9. The average molecular weight is 649 g/mol. The van der Waals surface area contributed by atoms with Crippen molar-refractivity contribution in [3.8, 4) is 17.6 Å². The fourth-order valence-corrected chi connectivity index (χ4v) is 6.20. The summed E-state index contributed by atoms with van der Waals surface area (Å²) >= 11 is 4.61. The van der Waals surface area contributed by atoms with Crippen molar-refractivity contribution >= 4 is 45.0 Å². The zero-order valence-electron chi connectivity index (χ0n) is 22.5. The summed E-state index contributed by atoms with van der Waals surface area (Å²) in [5, 5.41) is 8.90. The van der Waals surface area contributed by atoms with Crippen LogP contribution in [0.1, 0.15) is 29.7 Å². The minimum Gasteiger partial charge on any atom is -0.493 e. The van der Waals surface area contributed by atoms with E-state index in [0.717, 1.165) is 11.3 Å². The van der Waals surface area contributed by atoms with E-state index in [4.69, 9.17) is 24.5 Å². The van der Waals surface area contributed by atoms with Crippen molar-refractivity contribution < 1.29 is 23.4 Å². The van der Waals surface area contributed by atoms with E-state index in [1.54, 1.807) is 37.3 Å². The monoisotopic (exact) mass is 647 g/mol. The van der Waals surface area contributed by atoms with Crippen molar-refractivity contribution in [2.24, 2.45) is 4.99 Å². The van der Waals surface area contributed by atoms with E-state index < -0.39 is 17.8 Å². The number of esters is 1. The minimum absolute atomic E-state index is 0.121. The molecule has 0 radical (unpaired) electrons. The van der Waals surface area contributed by atoms with Gasteiger partial charge in [-0.1, -0.05) is 53.8 Å². The van der Waals surface area contributed by atoms with E-state index in [2.05, 4.69) is 15.9 Å². The molecule has 0 N–H and O–H groups in total. The predicted molar refractivity (Wildman–Crippen MR) is 159 cm³/mol. The average Bonchev–Trinajstić information content (AvgIpc) is 3.30. The number of nitriles is 1. The van der Waals surface area contributed by atoms with Crippen molar-refractivity contribution in [3.05, 3.63) is 119 Å². The van der Waals surface area contributed by atoms with E-state index >= 15 is 0 Å². The van der Waals surface area contributed by atoms with Crippen molar-refractivity contribution in [1.29, 1.82) is 5.26 Å². The second-order valence-electron chi connectivity index (χ2n) is 8.96. The molecule has 0 aliphatic carbocycles. The number of carbonyl (C=O) groups is 1. The number of fused-ring (bicyclic) bond motifs is 1.